The topological polar surface area (TPSA) is 0 Å². The molecule has 0 nitrogen and oxygen atoms in total. The first-order valence-corrected chi connectivity index (χ1v) is 9.47. The molecule has 0 heterocycles. The second-order valence-electron chi connectivity index (χ2n) is 7.12. The average molecular weight is 325 g/mol. The Morgan fingerprint density at radius 1 is 1.05 bits per heavy atom. The predicted molar refractivity (Wildman–Crippen MR) is 94.0 cm³/mol. The normalized spacial score (nSPS) is 17.6. The molecule has 1 aromatic rings. The number of rotatable bonds is 8. The van der Waals surface area contributed by atoms with Gasteiger partial charge >= 0.3 is 0 Å². The van der Waals surface area contributed by atoms with Gasteiger partial charge in [-0.15, -0.1) is 0 Å². The molecule has 0 aromatic heterocycles. The first kappa shape index (κ1) is 17.8. The molecule has 1 fully saturated rings. The van der Waals surface area contributed by atoms with Crippen molar-refractivity contribution in [1.82, 2.24) is 0 Å². The quantitative estimate of drug-likeness (QED) is 0.439. The van der Waals surface area contributed by atoms with E-state index in [1.54, 1.807) is 12.1 Å². The van der Waals surface area contributed by atoms with Crippen LogP contribution in [0.15, 0.2) is 18.2 Å². The van der Waals surface area contributed by atoms with E-state index in [1.165, 1.54) is 70.6 Å². The molecule has 1 aliphatic carbocycles. The molecule has 0 spiro atoms. The monoisotopic (exact) mass is 324 g/mol. The Labute approximate surface area is 140 Å². The van der Waals surface area contributed by atoms with Gasteiger partial charge in [-0.3, -0.25) is 0 Å². The highest BCUT2D eigenvalue weighted by Crippen LogP contribution is 2.44. The van der Waals surface area contributed by atoms with Gasteiger partial charge in [-0.2, -0.15) is 0 Å². The summed E-state index contributed by atoms with van der Waals surface area (Å²) >= 11 is 5.78. The van der Waals surface area contributed by atoms with Gasteiger partial charge in [0.25, 0.3) is 0 Å². The smallest absolute Gasteiger partial charge is 0.142 e. The third kappa shape index (κ3) is 5.26. The molecule has 1 aromatic carbocycles. The molecule has 124 valence electrons. The second kappa shape index (κ2) is 8.91. The molecule has 2 heteroatoms. The van der Waals surface area contributed by atoms with Crippen molar-refractivity contribution in [2.24, 2.45) is 5.41 Å². The number of hydrogen-bond acceptors (Lipinski definition) is 0. The van der Waals surface area contributed by atoms with Gasteiger partial charge in [-0.25, -0.2) is 4.39 Å². The van der Waals surface area contributed by atoms with Crippen LogP contribution in [-0.4, -0.2) is 0 Å². The Bertz CT molecular complexity index is 449. The highest BCUT2D eigenvalue weighted by molar-refractivity contribution is 6.30. The fraction of sp³-hybridized carbons (Fsp3) is 0.700. The van der Waals surface area contributed by atoms with E-state index < -0.39 is 0 Å². The van der Waals surface area contributed by atoms with Gasteiger partial charge in [-0.05, 0) is 55.2 Å². The molecular formula is C20H30ClF. The summed E-state index contributed by atoms with van der Waals surface area (Å²) in [6, 6.07) is 5.30. The van der Waals surface area contributed by atoms with E-state index in [1.807, 2.05) is 6.07 Å². The molecule has 2 rings (SSSR count). The fourth-order valence-electron chi connectivity index (χ4n) is 3.96. The molecule has 0 unspecified atom stereocenters. The van der Waals surface area contributed by atoms with Crippen LogP contribution in [0.4, 0.5) is 4.39 Å². The van der Waals surface area contributed by atoms with Gasteiger partial charge < -0.3 is 0 Å². The summed E-state index contributed by atoms with van der Waals surface area (Å²) in [5.74, 6) is -0.278. The molecule has 0 N–H and O–H groups in total. The molecule has 0 atom stereocenters. The van der Waals surface area contributed by atoms with Crippen molar-refractivity contribution in [3.63, 3.8) is 0 Å². The largest absolute Gasteiger partial charge is 0.205 e. The minimum absolute atomic E-state index is 0.232. The number of benzene rings is 1. The first-order valence-electron chi connectivity index (χ1n) is 9.09. The van der Waals surface area contributed by atoms with Crippen LogP contribution >= 0.6 is 11.6 Å². The van der Waals surface area contributed by atoms with Gasteiger partial charge in [-0.1, -0.05) is 69.5 Å². The summed E-state index contributed by atoms with van der Waals surface area (Å²) in [6.07, 6.45) is 15.8. The minimum atomic E-state index is -0.278. The third-order valence-electron chi connectivity index (χ3n) is 5.40. The first-order chi connectivity index (χ1) is 10.7. The van der Waals surface area contributed by atoms with Gasteiger partial charge in [0.2, 0.25) is 0 Å². The van der Waals surface area contributed by atoms with Crippen LogP contribution in [0.1, 0.15) is 83.1 Å². The zero-order valence-electron chi connectivity index (χ0n) is 14.0. The van der Waals surface area contributed by atoms with Crippen LogP contribution in [0.25, 0.3) is 0 Å². The van der Waals surface area contributed by atoms with Crippen LogP contribution in [0.3, 0.4) is 0 Å². The maximum atomic E-state index is 13.6. The fourth-order valence-corrected chi connectivity index (χ4v) is 4.08. The van der Waals surface area contributed by atoms with Crippen molar-refractivity contribution < 1.29 is 4.39 Å². The standard InChI is InChI=1S/C20H30ClF/c1-2-3-4-6-12-20(13-7-5-8-14-20)15-11-17-9-10-18(21)19(22)16-17/h9-10,16H,2-8,11-15H2,1H3. The molecule has 0 radical (unpaired) electrons. The summed E-state index contributed by atoms with van der Waals surface area (Å²) in [4.78, 5) is 0. The third-order valence-corrected chi connectivity index (χ3v) is 5.71. The van der Waals surface area contributed by atoms with E-state index in [0.717, 1.165) is 12.0 Å². The number of halogens is 2. The van der Waals surface area contributed by atoms with Crippen molar-refractivity contribution in [3.05, 3.63) is 34.6 Å². The van der Waals surface area contributed by atoms with Crippen molar-refractivity contribution in [2.45, 2.75) is 84.0 Å². The summed E-state index contributed by atoms with van der Waals surface area (Å²) in [5, 5.41) is 0.232. The van der Waals surface area contributed by atoms with Crippen molar-refractivity contribution in [3.8, 4) is 0 Å². The van der Waals surface area contributed by atoms with Crippen LogP contribution in [0.2, 0.25) is 5.02 Å². The lowest BCUT2D eigenvalue weighted by Crippen LogP contribution is -2.25. The molecule has 0 aliphatic heterocycles. The van der Waals surface area contributed by atoms with E-state index in [0.29, 0.717) is 5.41 Å². The minimum Gasteiger partial charge on any atom is -0.205 e. The molecule has 0 amide bonds. The summed E-state index contributed by atoms with van der Waals surface area (Å²) in [5.41, 5.74) is 1.61. The average Bonchev–Trinajstić information content (AvgIpc) is 2.54. The maximum Gasteiger partial charge on any atom is 0.142 e. The van der Waals surface area contributed by atoms with Crippen molar-refractivity contribution in [1.29, 1.82) is 0 Å². The second-order valence-corrected chi connectivity index (χ2v) is 7.53. The number of aryl methyl sites for hydroxylation is 1. The Balaban J connectivity index is 1.92. The van der Waals surface area contributed by atoms with Crippen LogP contribution in [0.5, 0.6) is 0 Å². The predicted octanol–water partition coefficient (Wildman–Crippen LogP) is 7.33. The van der Waals surface area contributed by atoms with E-state index >= 15 is 0 Å². The van der Waals surface area contributed by atoms with Crippen LogP contribution in [0, 0.1) is 11.2 Å². The maximum absolute atomic E-state index is 13.6. The van der Waals surface area contributed by atoms with Gasteiger partial charge in [0.1, 0.15) is 5.82 Å². The Hall–Kier alpha value is -0.560. The molecular weight excluding hydrogens is 295 g/mol. The zero-order chi connectivity index (χ0) is 15.8. The highest BCUT2D eigenvalue weighted by atomic mass is 35.5. The van der Waals surface area contributed by atoms with Crippen LogP contribution < -0.4 is 0 Å². The van der Waals surface area contributed by atoms with Crippen molar-refractivity contribution in [2.75, 3.05) is 0 Å². The molecule has 0 bridgehead atoms. The SMILES string of the molecule is CCCCCCC1(CCc2ccc(Cl)c(F)c2)CCCCC1. The summed E-state index contributed by atoms with van der Waals surface area (Å²) < 4.78 is 13.6. The van der Waals surface area contributed by atoms with Crippen LogP contribution in [-0.2, 0) is 6.42 Å². The Kier molecular flexibility index (Phi) is 7.21. The molecule has 1 saturated carbocycles. The summed E-state index contributed by atoms with van der Waals surface area (Å²) in [6.45, 7) is 2.27. The zero-order valence-corrected chi connectivity index (χ0v) is 14.7. The lowest BCUT2D eigenvalue weighted by molar-refractivity contribution is 0.152. The molecule has 0 saturated heterocycles. The van der Waals surface area contributed by atoms with Gasteiger partial charge in [0, 0.05) is 0 Å². The van der Waals surface area contributed by atoms with Gasteiger partial charge in [0.15, 0.2) is 0 Å². The highest BCUT2D eigenvalue weighted by Gasteiger charge is 2.30. The van der Waals surface area contributed by atoms with E-state index in [2.05, 4.69) is 6.92 Å². The summed E-state index contributed by atoms with van der Waals surface area (Å²) in [7, 11) is 0. The number of hydrogen-bond donors (Lipinski definition) is 0. The Morgan fingerprint density at radius 3 is 2.50 bits per heavy atom. The van der Waals surface area contributed by atoms with Crippen molar-refractivity contribution >= 4 is 11.6 Å². The molecule has 22 heavy (non-hydrogen) atoms. The Morgan fingerprint density at radius 2 is 1.82 bits per heavy atom. The molecule has 1 aliphatic rings. The lowest BCUT2D eigenvalue weighted by Gasteiger charge is -2.38. The van der Waals surface area contributed by atoms with E-state index in [9.17, 15) is 4.39 Å². The van der Waals surface area contributed by atoms with E-state index in [4.69, 9.17) is 11.6 Å². The lowest BCUT2D eigenvalue weighted by atomic mass is 9.68. The van der Waals surface area contributed by atoms with Gasteiger partial charge in [0.05, 0.1) is 5.02 Å². The number of unbranched alkanes of at least 4 members (excludes halogenated alkanes) is 3. The van der Waals surface area contributed by atoms with E-state index in [-0.39, 0.29) is 10.8 Å².